The maximum atomic E-state index is 12.2. The van der Waals surface area contributed by atoms with E-state index < -0.39 is 10.0 Å². The largest absolute Gasteiger partial charge is 0.326 e. The Labute approximate surface area is 145 Å². The first kappa shape index (κ1) is 18.8. The summed E-state index contributed by atoms with van der Waals surface area (Å²) in [5.41, 5.74) is 0.315. The third-order valence-electron chi connectivity index (χ3n) is 3.39. The van der Waals surface area contributed by atoms with E-state index in [0.29, 0.717) is 25.1 Å². The number of rotatable bonds is 8. The molecule has 0 fully saturated rings. The first-order chi connectivity index (χ1) is 11.9. The van der Waals surface area contributed by atoms with Crippen LogP contribution < -0.4 is 15.6 Å². The third-order valence-corrected chi connectivity index (χ3v) is 4.87. The lowest BCUT2D eigenvalue weighted by atomic mass is 10.3. The molecule has 0 aliphatic rings. The quantitative estimate of drug-likeness (QED) is 0.678. The van der Waals surface area contributed by atoms with Crippen molar-refractivity contribution in [3.63, 3.8) is 0 Å². The van der Waals surface area contributed by atoms with E-state index in [4.69, 9.17) is 0 Å². The van der Waals surface area contributed by atoms with Crippen LogP contribution in [0.15, 0.2) is 52.3 Å². The van der Waals surface area contributed by atoms with Crippen LogP contribution in [0.5, 0.6) is 0 Å². The van der Waals surface area contributed by atoms with Crippen LogP contribution in [0.1, 0.15) is 19.8 Å². The average molecular weight is 364 g/mol. The normalized spacial score (nSPS) is 11.2. The second-order valence-electron chi connectivity index (χ2n) is 5.26. The van der Waals surface area contributed by atoms with Gasteiger partial charge in [-0.15, -0.1) is 0 Å². The smallest absolute Gasteiger partial charge is 0.266 e. The van der Waals surface area contributed by atoms with Crippen LogP contribution in [0.3, 0.4) is 0 Å². The number of amides is 1. The number of carbonyl (C=O) groups excluding carboxylic acids is 1. The molecular weight excluding hydrogens is 344 g/mol. The highest BCUT2D eigenvalue weighted by molar-refractivity contribution is 7.89. The van der Waals surface area contributed by atoms with E-state index in [1.165, 1.54) is 41.2 Å². The highest BCUT2D eigenvalue weighted by atomic mass is 32.2. The molecule has 0 aliphatic heterocycles. The fraction of sp³-hybridized carbons (Fsp3) is 0.312. The van der Waals surface area contributed by atoms with Crippen LogP contribution >= 0.6 is 0 Å². The van der Waals surface area contributed by atoms with E-state index in [2.05, 4.69) is 15.1 Å². The molecule has 0 radical (unpaired) electrons. The molecule has 0 saturated heterocycles. The summed E-state index contributed by atoms with van der Waals surface area (Å²) in [4.78, 5) is 22.9. The Morgan fingerprint density at radius 1 is 1.20 bits per heavy atom. The number of hydrogen-bond donors (Lipinski definition) is 2. The number of anilines is 1. The summed E-state index contributed by atoms with van der Waals surface area (Å²) >= 11 is 0. The van der Waals surface area contributed by atoms with Gasteiger partial charge < -0.3 is 5.32 Å². The molecule has 0 atom stereocenters. The molecule has 1 aromatic heterocycles. The Kier molecular flexibility index (Phi) is 6.43. The molecule has 0 bridgehead atoms. The first-order valence-corrected chi connectivity index (χ1v) is 9.32. The molecule has 2 N–H and O–H groups in total. The van der Waals surface area contributed by atoms with E-state index in [-0.39, 0.29) is 22.9 Å². The van der Waals surface area contributed by atoms with Crippen LogP contribution in [0.2, 0.25) is 0 Å². The Balaban J connectivity index is 1.89. The number of hydrogen-bond acceptors (Lipinski definition) is 5. The van der Waals surface area contributed by atoms with E-state index in [1.54, 1.807) is 13.0 Å². The topological polar surface area (TPSA) is 110 Å². The maximum Gasteiger partial charge on any atom is 0.266 e. The lowest BCUT2D eigenvalue weighted by Gasteiger charge is -2.09. The molecule has 0 unspecified atom stereocenters. The van der Waals surface area contributed by atoms with Gasteiger partial charge in [-0.3, -0.25) is 9.59 Å². The number of nitrogens with one attached hydrogen (secondary N) is 2. The molecule has 2 aromatic rings. The lowest BCUT2D eigenvalue weighted by Crippen LogP contribution is -2.27. The van der Waals surface area contributed by atoms with Crippen LogP contribution in [0, 0.1) is 0 Å². The van der Waals surface area contributed by atoms with Crippen molar-refractivity contribution < 1.29 is 13.2 Å². The van der Waals surface area contributed by atoms with Gasteiger partial charge in [-0.05, 0) is 36.8 Å². The number of nitrogens with zero attached hydrogens (tertiary/aromatic N) is 2. The number of benzene rings is 1. The van der Waals surface area contributed by atoms with Gasteiger partial charge in [0.2, 0.25) is 15.9 Å². The zero-order valence-corrected chi connectivity index (χ0v) is 14.6. The van der Waals surface area contributed by atoms with Gasteiger partial charge in [-0.25, -0.2) is 17.8 Å². The minimum Gasteiger partial charge on any atom is -0.326 e. The van der Waals surface area contributed by atoms with Gasteiger partial charge in [0.1, 0.15) is 0 Å². The molecule has 1 aromatic carbocycles. The second-order valence-corrected chi connectivity index (χ2v) is 7.03. The summed E-state index contributed by atoms with van der Waals surface area (Å²) in [6.07, 6.45) is 2.28. The summed E-state index contributed by atoms with van der Waals surface area (Å²) in [7, 11) is -3.65. The molecule has 0 aliphatic carbocycles. The summed E-state index contributed by atoms with van der Waals surface area (Å²) in [6.45, 7) is 2.24. The van der Waals surface area contributed by atoms with Gasteiger partial charge in [-0.1, -0.05) is 6.92 Å². The van der Waals surface area contributed by atoms with E-state index in [9.17, 15) is 18.0 Å². The monoisotopic (exact) mass is 364 g/mol. The van der Waals surface area contributed by atoms with Gasteiger partial charge in [-0.2, -0.15) is 5.10 Å². The molecule has 1 amide bonds. The average Bonchev–Trinajstić information content (AvgIpc) is 2.60. The summed E-state index contributed by atoms with van der Waals surface area (Å²) in [5, 5.41) is 6.56. The van der Waals surface area contributed by atoms with Crippen molar-refractivity contribution in [2.24, 2.45) is 0 Å². The van der Waals surface area contributed by atoms with E-state index >= 15 is 0 Å². The third kappa shape index (κ3) is 5.50. The maximum absolute atomic E-state index is 12.2. The SMILES string of the molecule is CCC(=O)Nc1ccc(S(=O)(=O)NCCCn2ncccc2=O)cc1. The predicted octanol–water partition coefficient (Wildman–Crippen LogP) is 0.960. The van der Waals surface area contributed by atoms with Gasteiger partial charge in [0.25, 0.3) is 5.56 Å². The Morgan fingerprint density at radius 2 is 1.92 bits per heavy atom. The van der Waals surface area contributed by atoms with Crippen molar-refractivity contribution >= 4 is 21.6 Å². The molecule has 8 nitrogen and oxygen atoms in total. The van der Waals surface area contributed by atoms with Gasteiger partial charge in [0.05, 0.1) is 4.90 Å². The number of carbonyl (C=O) groups is 1. The lowest BCUT2D eigenvalue weighted by molar-refractivity contribution is -0.115. The first-order valence-electron chi connectivity index (χ1n) is 7.84. The zero-order chi connectivity index (χ0) is 18.3. The number of sulfonamides is 1. The Morgan fingerprint density at radius 3 is 2.56 bits per heavy atom. The van der Waals surface area contributed by atoms with Crippen LogP contribution in [0.4, 0.5) is 5.69 Å². The van der Waals surface area contributed by atoms with E-state index in [0.717, 1.165) is 0 Å². The molecule has 0 saturated carbocycles. The predicted molar refractivity (Wildman–Crippen MR) is 93.7 cm³/mol. The van der Waals surface area contributed by atoms with Gasteiger partial charge in [0.15, 0.2) is 0 Å². The minimum atomic E-state index is -3.65. The van der Waals surface area contributed by atoms with Crippen molar-refractivity contribution in [1.82, 2.24) is 14.5 Å². The molecule has 25 heavy (non-hydrogen) atoms. The second kappa shape index (κ2) is 8.54. The van der Waals surface area contributed by atoms with Crippen LogP contribution in [-0.2, 0) is 21.4 Å². The fourth-order valence-corrected chi connectivity index (χ4v) is 3.11. The van der Waals surface area contributed by atoms with E-state index in [1.807, 2.05) is 0 Å². The van der Waals surface area contributed by atoms with Crippen molar-refractivity contribution in [3.05, 3.63) is 52.9 Å². The van der Waals surface area contributed by atoms with Crippen LogP contribution in [-0.4, -0.2) is 30.7 Å². The Bertz CT molecular complexity index is 876. The van der Waals surface area contributed by atoms with Gasteiger partial charge >= 0.3 is 0 Å². The summed E-state index contributed by atoms with van der Waals surface area (Å²) < 4.78 is 28.2. The number of aromatic nitrogens is 2. The molecule has 0 spiro atoms. The highest BCUT2D eigenvalue weighted by Gasteiger charge is 2.13. The molecule has 134 valence electrons. The zero-order valence-electron chi connectivity index (χ0n) is 13.8. The molecular formula is C16H20N4O4S. The standard InChI is InChI=1S/C16H20N4O4S/c1-2-15(21)19-13-6-8-14(9-7-13)25(23,24)18-11-4-12-20-16(22)5-3-10-17-20/h3,5-10,18H,2,4,11-12H2,1H3,(H,19,21). The number of aryl methyl sites for hydroxylation is 1. The molecule has 1 heterocycles. The highest BCUT2D eigenvalue weighted by Crippen LogP contribution is 2.14. The van der Waals surface area contributed by atoms with Crippen molar-refractivity contribution in [2.75, 3.05) is 11.9 Å². The minimum absolute atomic E-state index is 0.108. The molecule has 2 rings (SSSR count). The molecule has 9 heteroatoms. The summed E-state index contributed by atoms with van der Waals surface area (Å²) in [6, 6.07) is 8.88. The van der Waals surface area contributed by atoms with Crippen LogP contribution in [0.25, 0.3) is 0 Å². The fourth-order valence-electron chi connectivity index (χ4n) is 2.04. The van der Waals surface area contributed by atoms with Crippen molar-refractivity contribution in [2.45, 2.75) is 31.2 Å². The summed E-state index contributed by atoms with van der Waals surface area (Å²) in [5.74, 6) is -0.140. The van der Waals surface area contributed by atoms with Crippen molar-refractivity contribution in [1.29, 1.82) is 0 Å². The van der Waals surface area contributed by atoms with Gasteiger partial charge in [0, 0.05) is 37.5 Å². The van der Waals surface area contributed by atoms with Crippen molar-refractivity contribution in [3.8, 4) is 0 Å². The Hall–Kier alpha value is -2.52.